The number of rotatable bonds is 6. The van der Waals surface area contributed by atoms with Crippen molar-refractivity contribution in [1.29, 1.82) is 0 Å². The quantitative estimate of drug-likeness (QED) is 0.732. The Bertz CT molecular complexity index is 205. The monoisotopic (exact) mass is 279 g/mol. The third-order valence-corrected chi connectivity index (χ3v) is 3.20. The summed E-state index contributed by atoms with van der Waals surface area (Å²) in [6.07, 6.45) is 1.44. The smallest absolute Gasteiger partial charge is 0.233 e. The molecule has 0 heterocycles. The fraction of sp³-hybridized carbons (Fsp3) is 0.909. The molecule has 0 spiro atoms. The molecule has 0 aromatic rings. The van der Waals surface area contributed by atoms with Crippen LogP contribution in [0.4, 0.5) is 0 Å². The predicted octanol–water partition coefficient (Wildman–Crippen LogP) is 2.07. The number of carbonyl (C=O) groups excluding carboxylic acids is 1. The second kappa shape index (κ2) is 6.48. The molecule has 0 aromatic carbocycles. The molecule has 1 amide bonds. The van der Waals surface area contributed by atoms with Crippen molar-refractivity contribution in [2.75, 3.05) is 6.54 Å². The third-order valence-electron chi connectivity index (χ3n) is 2.13. The first kappa shape index (κ1) is 14.9. The summed E-state index contributed by atoms with van der Waals surface area (Å²) in [6, 6.07) is 0. The van der Waals surface area contributed by atoms with Crippen molar-refractivity contribution < 1.29 is 9.90 Å². The Kier molecular flexibility index (Phi) is 6.44. The van der Waals surface area contributed by atoms with E-state index in [9.17, 15) is 9.90 Å². The maximum Gasteiger partial charge on any atom is 0.233 e. The van der Waals surface area contributed by atoms with E-state index in [0.717, 1.165) is 6.42 Å². The maximum atomic E-state index is 11.4. The highest BCUT2D eigenvalue weighted by molar-refractivity contribution is 9.10. The highest BCUT2D eigenvalue weighted by Gasteiger charge is 2.23. The van der Waals surface area contributed by atoms with Crippen molar-refractivity contribution in [1.82, 2.24) is 5.32 Å². The van der Waals surface area contributed by atoms with Crippen molar-refractivity contribution in [2.45, 2.75) is 51.0 Å². The SMILES string of the molecule is CCC(Br)C(=O)NCC(C)(O)CC(C)C. The van der Waals surface area contributed by atoms with Gasteiger partial charge in [-0.15, -0.1) is 0 Å². The summed E-state index contributed by atoms with van der Waals surface area (Å²) in [5.74, 6) is 0.365. The highest BCUT2D eigenvalue weighted by atomic mass is 79.9. The minimum atomic E-state index is -0.815. The standard InChI is InChI=1S/C11H22BrNO2/c1-5-9(12)10(14)13-7-11(4,15)6-8(2)3/h8-9,15H,5-7H2,1-4H3,(H,13,14). The molecule has 0 saturated carbocycles. The largest absolute Gasteiger partial charge is 0.388 e. The van der Waals surface area contributed by atoms with Gasteiger partial charge in [0.15, 0.2) is 0 Å². The average Bonchev–Trinajstić information content (AvgIpc) is 2.11. The Hall–Kier alpha value is -0.0900. The molecular weight excluding hydrogens is 258 g/mol. The summed E-state index contributed by atoms with van der Waals surface area (Å²) >= 11 is 3.27. The van der Waals surface area contributed by atoms with E-state index in [1.807, 2.05) is 6.92 Å². The van der Waals surface area contributed by atoms with Crippen molar-refractivity contribution in [3.8, 4) is 0 Å². The van der Waals surface area contributed by atoms with Gasteiger partial charge in [-0.2, -0.15) is 0 Å². The van der Waals surface area contributed by atoms with E-state index >= 15 is 0 Å². The van der Waals surface area contributed by atoms with Gasteiger partial charge >= 0.3 is 0 Å². The van der Waals surface area contributed by atoms with Gasteiger partial charge in [-0.1, -0.05) is 36.7 Å². The lowest BCUT2D eigenvalue weighted by Crippen LogP contribution is -2.43. The van der Waals surface area contributed by atoms with Crippen LogP contribution in [0, 0.1) is 5.92 Å². The summed E-state index contributed by atoms with van der Waals surface area (Å²) in [5.41, 5.74) is -0.815. The molecule has 2 N–H and O–H groups in total. The predicted molar refractivity (Wildman–Crippen MR) is 66.1 cm³/mol. The molecular formula is C11H22BrNO2. The van der Waals surface area contributed by atoms with Crippen LogP contribution in [0.3, 0.4) is 0 Å². The molecule has 0 bridgehead atoms. The number of halogens is 1. The molecule has 0 aromatic heterocycles. The number of hydrogen-bond acceptors (Lipinski definition) is 2. The van der Waals surface area contributed by atoms with Crippen LogP contribution in [-0.4, -0.2) is 28.0 Å². The van der Waals surface area contributed by atoms with Crippen LogP contribution in [0.1, 0.15) is 40.5 Å². The summed E-state index contributed by atoms with van der Waals surface area (Å²) in [4.78, 5) is 11.3. The van der Waals surface area contributed by atoms with Gasteiger partial charge in [-0.25, -0.2) is 0 Å². The first-order valence-electron chi connectivity index (χ1n) is 5.42. The number of aliphatic hydroxyl groups is 1. The van der Waals surface area contributed by atoms with Gasteiger partial charge < -0.3 is 10.4 Å². The van der Waals surface area contributed by atoms with E-state index in [4.69, 9.17) is 0 Å². The van der Waals surface area contributed by atoms with Gasteiger partial charge in [-0.05, 0) is 25.7 Å². The van der Waals surface area contributed by atoms with E-state index < -0.39 is 5.60 Å². The van der Waals surface area contributed by atoms with E-state index in [1.54, 1.807) is 6.92 Å². The van der Waals surface area contributed by atoms with Gasteiger partial charge in [0.1, 0.15) is 0 Å². The van der Waals surface area contributed by atoms with Gasteiger partial charge in [0.2, 0.25) is 5.91 Å². The molecule has 0 saturated heterocycles. The van der Waals surface area contributed by atoms with Crippen molar-refractivity contribution >= 4 is 21.8 Å². The molecule has 0 rings (SSSR count). The lowest BCUT2D eigenvalue weighted by Gasteiger charge is -2.26. The normalized spacial score (nSPS) is 17.3. The van der Waals surface area contributed by atoms with Crippen molar-refractivity contribution in [3.63, 3.8) is 0 Å². The summed E-state index contributed by atoms with van der Waals surface area (Å²) in [5, 5.41) is 12.7. The molecule has 4 heteroatoms. The zero-order valence-electron chi connectivity index (χ0n) is 10.0. The number of hydrogen-bond donors (Lipinski definition) is 2. The van der Waals surface area contributed by atoms with Crippen LogP contribution in [0.5, 0.6) is 0 Å². The van der Waals surface area contributed by atoms with Crippen molar-refractivity contribution in [3.05, 3.63) is 0 Å². The zero-order valence-corrected chi connectivity index (χ0v) is 11.6. The van der Waals surface area contributed by atoms with Crippen LogP contribution in [-0.2, 0) is 4.79 Å². The molecule has 0 aliphatic rings. The summed E-state index contributed by atoms with van der Waals surface area (Å²) in [6.45, 7) is 8.10. The summed E-state index contributed by atoms with van der Waals surface area (Å²) < 4.78 is 0. The molecule has 0 aliphatic heterocycles. The van der Waals surface area contributed by atoms with Crippen LogP contribution < -0.4 is 5.32 Å². The maximum absolute atomic E-state index is 11.4. The average molecular weight is 280 g/mol. The lowest BCUT2D eigenvalue weighted by atomic mass is 9.94. The third kappa shape index (κ3) is 6.90. The van der Waals surface area contributed by atoms with Crippen LogP contribution in [0.2, 0.25) is 0 Å². The molecule has 3 nitrogen and oxygen atoms in total. The second-order valence-electron chi connectivity index (χ2n) is 4.69. The van der Waals surface area contributed by atoms with Gasteiger partial charge in [0, 0.05) is 6.54 Å². The van der Waals surface area contributed by atoms with Crippen LogP contribution in [0.15, 0.2) is 0 Å². The number of alkyl halides is 1. The Labute approximate surface area is 101 Å². The number of nitrogens with one attached hydrogen (secondary N) is 1. The minimum Gasteiger partial charge on any atom is -0.388 e. The Morgan fingerprint density at radius 2 is 2.07 bits per heavy atom. The fourth-order valence-electron chi connectivity index (χ4n) is 1.53. The summed E-state index contributed by atoms with van der Waals surface area (Å²) in [7, 11) is 0. The molecule has 2 atom stereocenters. The Morgan fingerprint density at radius 1 is 1.53 bits per heavy atom. The Balaban J connectivity index is 3.98. The Morgan fingerprint density at radius 3 is 2.47 bits per heavy atom. The molecule has 0 aliphatic carbocycles. The molecule has 15 heavy (non-hydrogen) atoms. The van der Waals surface area contributed by atoms with Gasteiger partial charge in [0.05, 0.1) is 10.4 Å². The first-order valence-corrected chi connectivity index (χ1v) is 6.34. The molecule has 90 valence electrons. The molecule has 0 radical (unpaired) electrons. The topological polar surface area (TPSA) is 49.3 Å². The van der Waals surface area contributed by atoms with Crippen molar-refractivity contribution in [2.24, 2.45) is 5.92 Å². The lowest BCUT2D eigenvalue weighted by molar-refractivity contribution is -0.121. The van der Waals surface area contributed by atoms with E-state index in [0.29, 0.717) is 18.9 Å². The van der Waals surface area contributed by atoms with Gasteiger partial charge in [-0.3, -0.25) is 4.79 Å². The first-order chi connectivity index (χ1) is 6.78. The highest BCUT2D eigenvalue weighted by Crippen LogP contribution is 2.15. The van der Waals surface area contributed by atoms with E-state index in [-0.39, 0.29) is 10.7 Å². The minimum absolute atomic E-state index is 0.0541. The van der Waals surface area contributed by atoms with Gasteiger partial charge in [0.25, 0.3) is 0 Å². The van der Waals surface area contributed by atoms with Crippen LogP contribution >= 0.6 is 15.9 Å². The van der Waals surface area contributed by atoms with E-state index in [2.05, 4.69) is 35.1 Å². The van der Waals surface area contributed by atoms with E-state index in [1.165, 1.54) is 0 Å². The number of carbonyl (C=O) groups is 1. The number of amides is 1. The molecule has 2 unspecified atom stereocenters. The zero-order chi connectivity index (χ0) is 12.1. The second-order valence-corrected chi connectivity index (χ2v) is 5.79. The fourth-order valence-corrected chi connectivity index (χ4v) is 1.69. The molecule has 0 fully saturated rings. The van der Waals surface area contributed by atoms with Crippen LogP contribution in [0.25, 0.3) is 0 Å².